The predicted molar refractivity (Wildman–Crippen MR) is 90.1 cm³/mol. The van der Waals surface area contributed by atoms with Crippen molar-refractivity contribution in [1.29, 1.82) is 0 Å². The van der Waals surface area contributed by atoms with Crippen LogP contribution in [0.3, 0.4) is 0 Å². The summed E-state index contributed by atoms with van der Waals surface area (Å²) >= 11 is 0. The summed E-state index contributed by atoms with van der Waals surface area (Å²) in [7, 11) is 0. The Balaban J connectivity index is 0.000000384. The van der Waals surface area contributed by atoms with E-state index in [0.29, 0.717) is 17.8 Å². The van der Waals surface area contributed by atoms with Crippen molar-refractivity contribution in [3.8, 4) is 0 Å². The van der Waals surface area contributed by atoms with Crippen LogP contribution in [0.1, 0.15) is 53.0 Å². The van der Waals surface area contributed by atoms with Gasteiger partial charge in [-0.1, -0.05) is 58.0 Å². The SMILES string of the molecule is C/C(C=O)=C\c1ccccc1.CC(CC=O)CC(C)(C)C. The third-order valence-electron chi connectivity index (χ3n) is 2.84. The molecule has 1 rings (SSSR count). The predicted octanol–water partition coefficient (Wildman–Crippen LogP) is 4.94. The maximum atomic E-state index is 10.2. The van der Waals surface area contributed by atoms with Crippen LogP contribution in [0.15, 0.2) is 35.9 Å². The van der Waals surface area contributed by atoms with Crippen LogP contribution in [0, 0.1) is 11.3 Å². The molecule has 0 aromatic heterocycles. The largest absolute Gasteiger partial charge is 0.303 e. The topological polar surface area (TPSA) is 34.1 Å². The Morgan fingerprint density at radius 3 is 2.14 bits per heavy atom. The summed E-state index contributed by atoms with van der Waals surface area (Å²) < 4.78 is 0. The van der Waals surface area contributed by atoms with Crippen molar-refractivity contribution >= 4 is 18.6 Å². The van der Waals surface area contributed by atoms with Crippen molar-refractivity contribution in [2.24, 2.45) is 11.3 Å². The van der Waals surface area contributed by atoms with Crippen LogP contribution in [0.2, 0.25) is 0 Å². The van der Waals surface area contributed by atoms with Crippen molar-refractivity contribution in [2.45, 2.75) is 47.5 Å². The second-order valence-electron chi connectivity index (χ2n) is 6.69. The van der Waals surface area contributed by atoms with E-state index in [1.807, 2.05) is 36.4 Å². The highest BCUT2D eigenvalue weighted by Gasteiger charge is 2.14. The van der Waals surface area contributed by atoms with Gasteiger partial charge in [-0.25, -0.2) is 0 Å². The lowest BCUT2D eigenvalue weighted by molar-refractivity contribution is -0.108. The van der Waals surface area contributed by atoms with Gasteiger partial charge in [0.1, 0.15) is 12.6 Å². The van der Waals surface area contributed by atoms with Crippen molar-refractivity contribution in [3.63, 3.8) is 0 Å². The molecule has 2 heteroatoms. The van der Waals surface area contributed by atoms with E-state index in [9.17, 15) is 9.59 Å². The third kappa shape index (κ3) is 11.8. The second kappa shape index (κ2) is 10.1. The zero-order chi connectivity index (χ0) is 16.3. The van der Waals surface area contributed by atoms with Gasteiger partial charge in [-0.05, 0) is 41.9 Å². The fraction of sp³-hybridized carbons (Fsp3) is 0.474. The molecule has 0 aliphatic carbocycles. The van der Waals surface area contributed by atoms with E-state index in [1.54, 1.807) is 6.92 Å². The Morgan fingerprint density at radius 1 is 1.14 bits per heavy atom. The second-order valence-corrected chi connectivity index (χ2v) is 6.69. The summed E-state index contributed by atoms with van der Waals surface area (Å²) in [5, 5.41) is 0. The minimum Gasteiger partial charge on any atom is -0.303 e. The highest BCUT2D eigenvalue weighted by molar-refractivity contribution is 5.80. The van der Waals surface area contributed by atoms with Gasteiger partial charge in [0.25, 0.3) is 0 Å². The van der Waals surface area contributed by atoms with Crippen LogP contribution in [0.5, 0.6) is 0 Å². The fourth-order valence-corrected chi connectivity index (χ4v) is 2.14. The Morgan fingerprint density at radius 2 is 1.71 bits per heavy atom. The molecule has 0 spiro atoms. The molecule has 0 aliphatic rings. The zero-order valence-corrected chi connectivity index (χ0v) is 13.9. The smallest absolute Gasteiger partial charge is 0.145 e. The van der Waals surface area contributed by atoms with Gasteiger partial charge in [-0.15, -0.1) is 0 Å². The van der Waals surface area contributed by atoms with E-state index in [4.69, 9.17) is 0 Å². The summed E-state index contributed by atoms with van der Waals surface area (Å²) in [6.45, 7) is 10.5. The number of hydrogen-bond acceptors (Lipinski definition) is 2. The first kappa shape index (κ1) is 19.3. The van der Waals surface area contributed by atoms with E-state index in [2.05, 4.69) is 27.7 Å². The highest BCUT2D eigenvalue weighted by atomic mass is 16.1. The minimum absolute atomic E-state index is 0.364. The molecule has 0 heterocycles. The molecule has 0 fully saturated rings. The molecule has 1 aromatic rings. The van der Waals surface area contributed by atoms with Gasteiger partial charge >= 0.3 is 0 Å². The molecule has 1 atom stereocenters. The lowest BCUT2D eigenvalue weighted by Crippen LogP contribution is -2.11. The summed E-state index contributed by atoms with van der Waals surface area (Å²) in [5.74, 6) is 0.539. The van der Waals surface area contributed by atoms with Gasteiger partial charge in [0.2, 0.25) is 0 Å². The molecule has 0 amide bonds. The lowest BCUT2D eigenvalue weighted by Gasteiger charge is -2.21. The summed E-state index contributed by atoms with van der Waals surface area (Å²) in [5.41, 5.74) is 2.18. The van der Waals surface area contributed by atoms with Crippen molar-refractivity contribution < 1.29 is 9.59 Å². The van der Waals surface area contributed by atoms with Crippen LogP contribution < -0.4 is 0 Å². The first-order chi connectivity index (χ1) is 9.78. The monoisotopic (exact) mass is 288 g/mol. The van der Waals surface area contributed by atoms with E-state index in [0.717, 1.165) is 30.1 Å². The molecule has 0 saturated carbocycles. The Kier molecular flexibility index (Phi) is 9.27. The number of carbonyl (C=O) groups is 2. The number of hydrogen-bond donors (Lipinski definition) is 0. The molecule has 1 aromatic carbocycles. The molecule has 21 heavy (non-hydrogen) atoms. The van der Waals surface area contributed by atoms with Crippen molar-refractivity contribution in [2.75, 3.05) is 0 Å². The molecular weight excluding hydrogens is 260 g/mol. The zero-order valence-electron chi connectivity index (χ0n) is 13.9. The molecule has 0 N–H and O–H groups in total. The van der Waals surface area contributed by atoms with E-state index >= 15 is 0 Å². The van der Waals surface area contributed by atoms with Gasteiger partial charge < -0.3 is 4.79 Å². The Hall–Kier alpha value is -1.70. The maximum absolute atomic E-state index is 10.2. The number of allylic oxidation sites excluding steroid dienone is 1. The van der Waals surface area contributed by atoms with Crippen LogP contribution in [0.25, 0.3) is 6.08 Å². The van der Waals surface area contributed by atoms with E-state index in [-0.39, 0.29) is 0 Å². The van der Waals surface area contributed by atoms with Crippen LogP contribution >= 0.6 is 0 Å². The number of aldehydes is 2. The lowest BCUT2D eigenvalue weighted by atomic mass is 9.84. The van der Waals surface area contributed by atoms with Crippen LogP contribution in [-0.4, -0.2) is 12.6 Å². The number of benzene rings is 1. The standard InChI is InChI=1S/C10H10O.C9H18O/c1-9(8-11)7-10-5-3-2-4-6-10;1-8(5-6-10)7-9(2,3)4/h2-8H,1H3;6,8H,5,7H2,1-4H3/b9-7+;. The Labute approximate surface area is 129 Å². The first-order valence-corrected chi connectivity index (χ1v) is 7.40. The maximum Gasteiger partial charge on any atom is 0.145 e. The van der Waals surface area contributed by atoms with Crippen molar-refractivity contribution in [3.05, 3.63) is 41.5 Å². The summed E-state index contributed by atoms with van der Waals surface area (Å²) in [6.07, 6.45) is 5.55. The molecule has 0 aliphatic heterocycles. The molecule has 116 valence electrons. The van der Waals surface area contributed by atoms with E-state index < -0.39 is 0 Å². The third-order valence-corrected chi connectivity index (χ3v) is 2.84. The molecule has 0 saturated heterocycles. The van der Waals surface area contributed by atoms with Crippen molar-refractivity contribution in [1.82, 2.24) is 0 Å². The van der Waals surface area contributed by atoms with Crippen LogP contribution in [0.4, 0.5) is 0 Å². The quantitative estimate of drug-likeness (QED) is 0.568. The summed E-state index contributed by atoms with van der Waals surface area (Å²) in [4.78, 5) is 20.3. The Bertz CT molecular complexity index is 438. The van der Waals surface area contributed by atoms with Gasteiger partial charge in [-0.2, -0.15) is 0 Å². The van der Waals surface area contributed by atoms with E-state index in [1.165, 1.54) is 0 Å². The number of carbonyl (C=O) groups excluding carboxylic acids is 2. The highest BCUT2D eigenvalue weighted by Crippen LogP contribution is 2.25. The van der Waals surface area contributed by atoms with Crippen LogP contribution in [-0.2, 0) is 9.59 Å². The van der Waals surface area contributed by atoms with Gasteiger partial charge in [0, 0.05) is 6.42 Å². The molecule has 1 unspecified atom stereocenters. The average molecular weight is 288 g/mol. The molecule has 0 radical (unpaired) electrons. The fourth-order valence-electron chi connectivity index (χ4n) is 2.14. The van der Waals surface area contributed by atoms with Gasteiger partial charge in [-0.3, -0.25) is 4.79 Å². The number of rotatable bonds is 5. The molecule has 2 nitrogen and oxygen atoms in total. The first-order valence-electron chi connectivity index (χ1n) is 7.40. The van der Waals surface area contributed by atoms with Gasteiger partial charge in [0.05, 0.1) is 0 Å². The summed E-state index contributed by atoms with van der Waals surface area (Å²) in [6, 6.07) is 9.78. The normalized spacial score (nSPS) is 12.9. The van der Waals surface area contributed by atoms with Gasteiger partial charge in [0.15, 0.2) is 0 Å². The molecular formula is C19H28O2. The minimum atomic E-state index is 0.364. The average Bonchev–Trinajstić information content (AvgIpc) is 2.38. The molecule has 0 bridgehead atoms.